The van der Waals surface area contributed by atoms with Crippen LogP contribution >= 0.6 is 0 Å². The second-order valence-corrected chi connectivity index (χ2v) is 5.12. The smallest absolute Gasteiger partial charge is 0.200 e. The largest absolute Gasteiger partial charge is 0.504 e. The number of aromatic hydroxyl groups is 3. The molecule has 0 spiro atoms. The van der Waals surface area contributed by atoms with Crippen molar-refractivity contribution in [3.05, 3.63) is 41.0 Å². The molecule has 0 saturated heterocycles. The number of hydrogen-bond acceptors (Lipinski definition) is 3. The molecule has 3 N–H and O–H groups in total. The lowest BCUT2D eigenvalue weighted by atomic mass is 9.89. The predicted octanol–water partition coefficient (Wildman–Crippen LogP) is 4.16. The highest BCUT2D eigenvalue weighted by molar-refractivity contribution is 5.78. The van der Waals surface area contributed by atoms with Gasteiger partial charge in [-0.1, -0.05) is 39.0 Å². The molecule has 0 radical (unpaired) electrons. The zero-order valence-electron chi connectivity index (χ0n) is 12.8. The minimum absolute atomic E-state index is 0.226. The molecule has 2 aromatic rings. The van der Waals surface area contributed by atoms with E-state index in [1.54, 1.807) is 6.07 Å². The predicted molar refractivity (Wildman–Crippen MR) is 85.0 cm³/mol. The van der Waals surface area contributed by atoms with Crippen LogP contribution in [0.25, 0.3) is 11.1 Å². The average Bonchev–Trinajstić information content (AvgIpc) is 2.51. The Labute approximate surface area is 125 Å². The third kappa shape index (κ3) is 2.56. The van der Waals surface area contributed by atoms with Crippen LogP contribution in [0.3, 0.4) is 0 Å². The van der Waals surface area contributed by atoms with Crippen LogP contribution in [-0.4, -0.2) is 15.3 Å². The summed E-state index contributed by atoms with van der Waals surface area (Å²) in [4.78, 5) is 0. The van der Waals surface area contributed by atoms with Crippen LogP contribution in [-0.2, 0) is 19.3 Å². The van der Waals surface area contributed by atoms with Gasteiger partial charge in [0, 0.05) is 5.56 Å². The summed E-state index contributed by atoms with van der Waals surface area (Å²) in [7, 11) is 0. The standard InChI is InChI=1S/C18H22O3/c1-4-11-8-7-9-14(12(11)5-2)15-10-16(19)18(21)17(20)13(15)6-3/h7-10,19-21H,4-6H2,1-3H3. The Balaban J connectivity index is 2.79. The molecule has 0 bridgehead atoms. The van der Waals surface area contributed by atoms with Crippen LogP contribution in [0.4, 0.5) is 0 Å². The Hall–Kier alpha value is -2.16. The Morgan fingerprint density at radius 3 is 2.00 bits per heavy atom. The normalized spacial score (nSPS) is 10.8. The van der Waals surface area contributed by atoms with E-state index in [1.165, 1.54) is 11.1 Å². The second-order valence-electron chi connectivity index (χ2n) is 5.12. The molecule has 0 fully saturated rings. The van der Waals surface area contributed by atoms with E-state index >= 15 is 0 Å². The van der Waals surface area contributed by atoms with E-state index < -0.39 is 5.75 Å². The summed E-state index contributed by atoms with van der Waals surface area (Å²) in [5, 5.41) is 29.7. The van der Waals surface area contributed by atoms with Gasteiger partial charge in [-0.05, 0) is 47.6 Å². The molecule has 21 heavy (non-hydrogen) atoms. The highest BCUT2D eigenvalue weighted by atomic mass is 16.3. The molecule has 0 aliphatic rings. The highest BCUT2D eigenvalue weighted by Crippen LogP contribution is 2.44. The molecule has 0 saturated carbocycles. The van der Waals surface area contributed by atoms with Gasteiger partial charge in [-0.25, -0.2) is 0 Å². The Morgan fingerprint density at radius 2 is 1.43 bits per heavy atom. The molecular formula is C18H22O3. The van der Waals surface area contributed by atoms with Gasteiger partial charge in [-0.3, -0.25) is 0 Å². The fourth-order valence-electron chi connectivity index (χ4n) is 2.92. The summed E-state index contributed by atoms with van der Waals surface area (Å²) in [6, 6.07) is 7.64. The van der Waals surface area contributed by atoms with Crippen molar-refractivity contribution in [1.29, 1.82) is 0 Å². The first-order chi connectivity index (χ1) is 10.0. The van der Waals surface area contributed by atoms with Crippen LogP contribution in [0.15, 0.2) is 24.3 Å². The molecule has 0 amide bonds. The Morgan fingerprint density at radius 1 is 0.762 bits per heavy atom. The zero-order valence-corrected chi connectivity index (χ0v) is 12.8. The molecule has 0 heterocycles. The molecule has 0 aliphatic carbocycles. The lowest BCUT2D eigenvalue weighted by molar-refractivity contribution is 0.365. The van der Waals surface area contributed by atoms with E-state index in [9.17, 15) is 15.3 Å². The van der Waals surface area contributed by atoms with Gasteiger partial charge in [0.1, 0.15) is 0 Å². The van der Waals surface area contributed by atoms with Gasteiger partial charge in [-0.15, -0.1) is 0 Å². The number of phenols is 3. The van der Waals surface area contributed by atoms with Crippen molar-refractivity contribution in [2.45, 2.75) is 40.0 Å². The quantitative estimate of drug-likeness (QED) is 0.740. The number of aryl methyl sites for hydroxylation is 1. The van der Waals surface area contributed by atoms with Gasteiger partial charge in [-0.2, -0.15) is 0 Å². The molecule has 2 rings (SSSR count). The van der Waals surface area contributed by atoms with Gasteiger partial charge in [0.25, 0.3) is 0 Å². The summed E-state index contributed by atoms with van der Waals surface area (Å²) in [5.74, 6) is -0.958. The fraction of sp³-hybridized carbons (Fsp3) is 0.333. The van der Waals surface area contributed by atoms with Crippen molar-refractivity contribution in [2.24, 2.45) is 0 Å². The molecular weight excluding hydrogens is 264 g/mol. The summed E-state index contributed by atoms with van der Waals surface area (Å²) < 4.78 is 0. The molecule has 0 aromatic heterocycles. The van der Waals surface area contributed by atoms with Crippen LogP contribution in [0.1, 0.15) is 37.5 Å². The van der Waals surface area contributed by atoms with Gasteiger partial charge in [0.05, 0.1) is 0 Å². The molecule has 3 nitrogen and oxygen atoms in total. The molecule has 0 atom stereocenters. The fourth-order valence-corrected chi connectivity index (χ4v) is 2.92. The van der Waals surface area contributed by atoms with Gasteiger partial charge < -0.3 is 15.3 Å². The second kappa shape index (κ2) is 6.08. The van der Waals surface area contributed by atoms with E-state index in [0.717, 1.165) is 24.0 Å². The van der Waals surface area contributed by atoms with Crippen LogP contribution in [0, 0.1) is 0 Å². The number of benzene rings is 2. The third-order valence-electron chi connectivity index (χ3n) is 4.01. The minimum Gasteiger partial charge on any atom is -0.504 e. The van der Waals surface area contributed by atoms with Crippen molar-refractivity contribution >= 4 is 0 Å². The maximum atomic E-state index is 10.1. The SMILES string of the molecule is CCc1cccc(-c2cc(O)c(O)c(O)c2CC)c1CC. The summed E-state index contributed by atoms with van der Waals surface area (Å²) in [6.45, 7) is 6.14. The van der Waals surface area contributed by atoms with Crippen molar-refractivity contribution < 1.29 is 15.3 Å². The Kier molecular flexibility index (Phi) is 4.41. The molecule has 2 aromatic carbocycles. The van der Waals surface area contributed by atoms with E-state index in [2.05, 4.69) is 19.9 Å². The first-order valence-corrected chi connectivity index (χ1v) is 7.42. The van der Waals surface area contributed by atoms with E-state index in [4.69, 9.17) is 0 Å². The lowest BCUT2D eigenvalue weighted by Crippen LogP contribution is -1.98. The summed E-state index contributed by atoms with van der Waals surface area (Å²) in [5.41, 5.74) is 4.95. The zero-order chi connectivity index (χ0) is 15.6. The molecule has 0 unspecified atom stereocenters. The van der Waals surface area contributed by atoms with Crippen molar-refractivity contribution in [3.8, 4) is 28.4 Å². The van der Waals surface area contributed by atoms with Crippen molar-refractivity contribution in [1.82, 2.24) is 0 Å². The van der Waals surface area contributed by atoms with Gasteiger partial charge in [0.2, 0.25) is 5.75 Å². The lowest BCUT2D eigenvalue weighted by Gasteiger charge is -2.17. The van der Waals surface area contributed by atoms with Crippen LogP contribution < -0.4 is 0 Å². The number of rotatable bonds is 4. The van der Waals surface area contributed by atoms with Crippen LogP contribution in [0.2, 0.25) is 0 Å². The van der Waals surface area contributed by atoms with E-state index in [1.807, 2.05) is 19.1 Å². The third-order valence-corrected chi connectivity index (χ3v) is 4.01. The Bertz CT molecular complexity index is 660. The molecule has 112 valence electrons. The molecule has 0 aliphatic heterocycles. The number of phenolic OH excluding ortho intramolecular Hbond substituents is 3. The van der Waals surface area contributed by atoms with Crippen LogP contribution in [0.5, 0.6) is 17.2 Å². The minimum atomic E-state index is -0.444. The first kappa shape index (κ1) is 15.2. The van der Waals surface area contributed by atoms with Crippen molar-refractivity contribution in [2.75, 3.05) is 0 Å². The monoisotopic (exact) mass is 286 g/mol. The van der Waals surface area contributed by atoms with E-state index in [-0.39, 0.29) is 11.5 Å². The maximum Gasteiger partial charge on any atom is 0.200 e. The van der Waals surface area contributed by atoms with E-state index in [0.29, 0.717) is 12.0 Å². The molecule has 3 heteroatoms. The van der Waals surface area contributed by atoms with Gasteiger partial charge in [0.15, 0.2) is 11.5 Å². The number of hydrogen-bond donors (Lipinski definition) is 3. The van der Waals surface area contributed by atoms with Gasteiger partial charge >= 0.3 is 0 Å². The summed E-state index contributed by atoms with van der Waals surface area (Å²) in [6.07, 6.45) is 2.40. The summed E-state index contributed by atoms with van der Waals surface area (Å²) >= 11 is 0. The van der Waals surface area contributed by atoms with Crippen molar-refractivity contribution in [3.63, 3.8) is 0 Å². The first-order valence-electron chi connectivity index (χ1n) is 7.42. The average molecular weight is 286 g/mol. The maximum absolute atomic E-state index is 10.1. The topological polar surface area (TPSA) is 60.7 Å². The highest BCUT2D eigenvalue weighted by Gasteiger charge is 2.18.